The summed E-state index contributed by atoms with van der Waals surface area (Å²) in [6, 6.07) is 3.40. The zero-order chi connectivity index (χ0) is 22.7. The summed E-state index contributed by atoms with van der Waals surface area (Å²) in [5, 5.41) is 14.8. The van der Waals surface area contributed by atoms with E-state index in [1.54, 1.807) is 31.3 Å². The second-order valence-electron chi connectivity index (χ2n) is 6.38. The van der Waals surface area contributed by atoms with Crippen LogP contribution >= 0.6 is 0 Å². The third-order valence-electron chi connectivity index (χ3n) is 3.97. The lowest BCUT2D eigenvalue weighted by molar-refractivity contribution is -0.159. The van der Waals surface area contributed by atoms with E-state index in [-0.39, 0.29) is 5.91 Å². The van der Waals surface area contributed by atoms with E-state index in [9.17, 15) is 4.79 Å². The van der Waals surface area contributed by atoms with E-state index in [2.05, 4.69) is 0 Å². The third-order valence-corrected chi connectivity index (χ3v) is 3.97. The largest absolute Gasteiger partial charge is 0.493 e. The van der Waals surface area contributed by atoms with Gasteiger partial charge >= 0.3 is 11.9 Å². The van der Waals surface area contributed by atoms with Gasteiger partial charge in [-0.05, 0) is 26.2 Å². The highest BCUT2D eigenvalue weighted by Crippen LogP contribution is 2.38. The zero-order valence-electron chi connectivity index (χ0n) is 17.5. The van der Waals surface area contributed by atoms with Gasteiger partial charge in [0.15, 0.2) is 11.5 Å². The Balaban J connectivity index is 0.000000656. The molecule has 0 saturated carbocycles. The maximum absolute atomic E-state index is 12.7. The number of benzene rings is 1. The average Bonchev–Trinajstić information content (AvgIpc) is 2.73. The molecule has 11 nitrogen and oxygen atoms in total. The summed E-state index contributed by atoms with van der Waals surface area (Å²) in [6.07, 6.45) is 0. The smallest absolute Gasteiger partial charge is 0.414 e. The molecule has 1 aromatic rings. The van der Waals surface area contributed by atoms with Crippen LogP contribution in [0.2, 0.25) is 0 Å². The van der Waals surface area contributed by atoms with E-state index in [0.717, 1.165) is 6.54 Å². The summed E-state index contributed by atoms with van der Waals surface area (Å²) in [7, 11) is 7.05. The minimum Gasteiger partial charge on any atom is -0.493 e. The second-order valence-corrected chi connectivity index (χ2v) is 6.38. The quantitative estimate of drug-likeness (QED) is 0.583. The molecule has 168 valence electrons. The fourth-order valence-corrected chi connectivity index (χ4v) is 2.42. The van der Waals surface area contributed by atoms with Crippen molar-refractivity contribution in [2.24, 2.45) is 0 Å². The molecule has 1 aliphatic rings. The summed E-state index contributed by atoms with van der Waals surface area (Å²) in [6.45, 7) is 3.56. The highest BCUT2D eigenvalue weighted by Gasteiger charge is 2.23. The number of rotatable bonds is 7. The first-order valence-electron chi connectivity index (χ1n) is 9.08. The Hall–Kier alpha value is -3.05. The number of likely N-dealkylation sites (N-methyl/N-ethyl adjacent to an activating group) is 1. The number of carboxylic acid groups (broad SMARTS) is 2. The molecule has 0 radical (unpaired) electrons. The number of hydrogen-bond acceptors (Lipinski definition) is 8. The van der Waals surface area contributed by atoms with Crippen LogP contribution in [0.3, 0.4) is 0 Å². The molecular formula is C19H28N2O9. The number of aliphatic carboxylic acids is 2. The van der Waals surface area contributed by atoms with Gasteiger partial charge in [-0.15, -0.1) is 0 Å². The van der Waals surface area contributed by atoms with E-state index in [1.165, 1.54) is 0 Å². The van der Waals surface area contributed by atoms with Gasteiger partial charge in [0.1, 0.15) is 6.61 Å². The number of hydrogen-bond donors (Lipinski definition) is 2. The van der Waals surface area contributed by atoms with Gasteiger partial charge < -0.3 is 39.0 Å². The molecule has 0 unspecified atom stereocenters. The highest BCUT2D eigenvalue weighted by molar-refractivity contribution is 6.27. The van der Waals surface area contributed by atoms with Crippen molar-refractivity contribution in [2.45, 2.75) is 0 Å². The first-order chi connectivity index (χ1) is 14.2. The summed E-state index contributed by atoms with van der Waals surface area (Å²) in [5.41, 5.74) is 0.519. The summed E-state index contributed by atoms with van der Waals surface area (Å²) in [4.78, 5) is 34.7. The Morgan fingerprint density at radius 2 is 1.53 bits per heavy atom. The first kappa shape index (κ1) is 25.0. The standard InChI is InChI=1S/C17H26N2O5.C2H2O4/c1-18(2)5-10-24-16-14(21-3)11-13(12-15(16)22-4)17(20)19-6-8-23-9-7-19;3-1(4)2(5)6/h11-12H,5-10H2,1-4H3;(H,3,4)(H,5,6). The lowest BCUT2D eigenvalue weighted by Gasteiger charge is -2.27. The Kier molecular flexibility index (Phi) is 10.4. The SMILES string of the molecule is COc1cc(C(=O)N2CCOCC2)cc(OC)c1OCCN(C)C.O=C(O)C(=O)O. The zero-order valence-corrected chi connectivity index (χ0v) is 17.5. The Morgan fingerprint density at radius 3 is 1.93 bits per heavy atom. The topological polar surface area (TPSA) is 135 Å². The van der Waals surface area contributed by atoms with Crippen LogP contribution in [0.5, 0.6) is 17.2 Å². The first-order valence-corrected chi connectivity index (χ1v) is 9.08. The number of amides is 1. The van der Waals surface area contributed by atoms with Gasteiger partial charge in [-0.25, -0.2) is 9.59 Å². The average molecular weight is 428 g/mol. The minimum atomic E-state index is -1.82. The van der Waals surface area contributed by atoms with E-state index >= 15 is 0 Å². The molecule has 0 spiro atoms. The van der Waals surface area contributed by atoms with E-state index in [0.29, 0.717) is 55.7 Å². The molecule has 0 aliphatic carbocycles. The Bertz CT molecular complexity index is 694. The van der Waals surface area contributed by atoms with Gasteiger partial charge in [-0.3, -0.25) is 4.79 Å². The van der Waals surface area contributed by atoms with Crippen LogP contribution in [-0.2, 0) is 14.3 Å². The molecule has 0 atom stereocenters. The van der Waals surface area contributed by atoms with Crippen LogP contribution < -0.4 is 14.2 Å². The molecule has 0 bridgehead atoms. The lowest BCUT2D eigenvalue weighted by Crippen LogP contribution is -2.40. The summed E-state index contributed by atoms with van der Waals surface area (Å²) >= 11 is 0. The molecular weight excluding hydrogens is 400 g/mol. The van der Waals surface area contributed by atoms with E-state index < -0.39 is 11.9 Å². The van der Waals surface area contributed by atoms with Crippen LogP contribution in [0.1, 0.15) is 10.4 Å². The molecule has 2 N–H and O–H groups in total. The maximum atomic E-state index is 12.7. The molecule has 1 aromatic carbocycles. The summed E-state index contributed by atoms with van der Waals surface area (Å²) < 4.78 is 21.9. The molecule has 11 heteroatoms. The van der Waals surface area contributed by atoms with Crippen LogP contribution in [0.4, 0.5) is 0 Å². The van der Waals surface area contributed by atoms with Crippen molar-refractivity contribution < 1.29 is 43.5 Å². The van der Waals surface area contributed by atoms with Gasteiger partial charge in [0, 0.05) is 25.2 Å². The van der Waals surface area contributed by atoms with Crippen molar-refractivity contribution in [3.05, 3.63) is 17.7 Å². The van der Waals surface area contributed by atoms with Gasteiger partial charge in [0.25, 0.3) is 5.91 Å². The van der Waals surface area contributed by atoms with Gasteiger partial charge in [-0.1, -0.05) is 0 Å². The predicted octanol–water partition coefficient (Wildman–Crippen LogP) is 0.272. The lowest BCUT2D eigenvalue weighted by atomic mass is 10.1. The predicted molar refractivity (Wildman–Crippen MR) is 106 cm³/mol. The number of morpholine rings is 1. The van der Waals surface area contributed by atoms with Crippen molar-refractivity contribution >= 4 is 17.8 Å². The van der Waals surface area contributed by atoms with Crippen molar-refractivity contribution in [2.75, 3.05) is 67.8 Å². The van der Waals surface area contributed by atoms with Gasteiger partial charge in [0.05, 0.1) is 27.4 Å². The van der Waals surface area contributed by atoms with Crippen molar-refractivity contribution in [3.8, 4) is 17.2 Å². The van der Waals surface area contributed by atoms with Crippen LogP contribution in [0.25, 0.3) is 0 Å². The Morgan fingerprint density at radius 1 is 1.03 bits per heavy atom. The Labute approximate surface area is 174 Å². The fourth-order valence-electron chi connectivity index (χ4n) is 2.42. The fraction of sp³-hybridized carbons (Fsp3) is 0.526. The molecule has 1 fully saturated rings. The van der Waals surface area contributed by atoms with Crippen LogP contribution in [0.15, 0.2) is 12.1 Å². The summed E-state index contributed by atoms with van der Waals surface area (Å²) in [5.74, 6) is -2.21. The molecule has 1 heterocycles. The number of carbonyl (C=O) groups is 3. The second kappa shape index (κ2) is 12.5. The normalized spacial score (nSPS) is 13.2. The minimum absolute atomic E-state index is 0.0604. The van der Waals surface area contributed by atoms with Gasteiger partial charge in [-0.2, -0.15) is 0 Å². The van der Waals surface area contributed by atoms with Crippen molar-refractivity contribution in [3.63, 3.8) is 0 Å². The van der Waals surface area contributed by atoms with Crippen molar-refractivity contribution in [1.82, 2.24) is 9.80 Å². The monoisotopic (exact) mass is 428 g/mol. The number of methoxy groups -OCH3 is 2. The van der Waals surface area contributed by atoms with Gasteiger partial charge in [0.2, 0.25) is 5.75 Å². The molecule has 30 heavy (non-hydrogen) atoms. The maximum Gasteiger partial charge on any atom is 0.414 e. The van der Waals surface area contributed by atoms with E-state index in [4.69, 9.17) is 38.7 Å². The molecule has 2 rings (SSSR count). The number of nitrogens with zero attached hydrogens (tertiary/aromatic N) is 2. The number of carbonyl (C=O) groups excluding carboxylic acids is 1. The van der Waals surface area contributed by atoms with Crippen molar-refractivity contribution in [1.29, 1.82) is 0 Å². The number of ether oxygens (including phenoxy) is 4. The molecule has 1 saturated heterocycles. The molecule has 1 amide bonds. The van der Waals surface area contributed by atoms with E-state index in [1.807, 2.05) is 19.0 Å². The third kappa shape index (κ3) is 7.76. The molecule has 0 aromatic heterocycles. The number of carboxylic acids is 2. The highest BCUT2D eigenvalue weighted by atomic mass is 16.5. The van der Waals surface area contributed by atoms with Crippen LogP contribution in [-0.4, -0.2) is 106 Å². The molecule has 1 aliphatic heterocycles. The van der Waals surface area contributed by atoms with Crippen LogP contribution in [0, 0.1) is 0 Å².